The van der Waals surface area contributed by atoms with Crippen molar-refractivity contribution in [2.24, 2.45) is 0 Å². The second-order valence-electron chi connectivity index (χ2n) is 4.47. The zero-order valence-corrected chi connectivity index (χ0v) is 13.5. The molecule has 5 nitrogen and oxygen atoms in total. The summed E-state index contributed by atoms with van der Waals surface area (Å²) >= 11 is 9.38. The number of halogens is 2. The second kappa shape index (κ2) is 6.29. The van der Waals surface area contributed by atoms with Crippen LogP contribution in [0.1, 0.15) is 10.4 Å². The van der Waals surface area contributed by atoms with Gasteiger partial charge in [0.05, 0.1) is 11.4 Å². The number of anilines is 1. The SMILES string of the molecule is O=C(Nc1cc(Cl)ccc1-n1cncn1)c1cccc(Br)c1. The minimum atomic E-state index is -0.232. The molecule has 0 aliphatic heterocycles. The Labute approximate surface area is 140 Å². The van der Waals surface area contributed by atoms with Crippen molar-refractivity contribution in [1.82, 2.24) is 14.8 Å². The van der Waals surface area contributed by atoms with Crippen molar-refractivity contribution in [2.45, 2.75) is 0 Å². The Morgan fingerprint density at radius 3 is 2.82 bits per heavy atom. The van der Waals surface area contributed by atoms with E-state index in [4.69, 9.17) is 11.6 Å². The van der Waals surface area contributed by atoms with Crippen molar-refractivity contribution >= 4 is 39.1 Å². The van der Waals surface area contributed by atoms with Gasteiger partial charge in [0, 0.05) is 15.1 Å². The monoisotopic (exact) mass is 376 g/mol. The molecule has 1 amide bonds. The van der Waals surface area contributed by atoms with Gasteiger partial charge in [-0.05, 0) is 36.4 Å². The highest BCUT2D eigenvalue weighted by Crippen LogP contribution is 2.24. The van der Waals surface area contributed by atoms with Crippen molar-refractivity contribution in [3.63, 3.8) is 0 Å². The Balaban J connectivity index is 1.95. The first-order chi connectivity index (χ1) is 10.6. The molecule has 110 valence electrons. The summed E-state index contributed by atoms with van der Waals surface area (Å²) < 4.78 is 2.40. The molecule has 1 heterocycles. The Kier molecular flexibility index (Phi) is 4.22. The average molecular weight is 378 g/mol. The Morgan fingerprint density at radius 1 is 1.23 bits per heavy atom. The zero-order valence-electron chi connectivity index (χ0n) is 11.2. The third kappa shape index (κ3) is 3.18. The van der Waals surface area contributed by atoms with Gasteiger partial charge in [0.25, 0.3) is 5.91 Å². The molecule has 0 aliphatic carbocycles. The lowest BCUT2D eigenvalue weighted by Gasteiger charge is -2.11. The van der Waals surface area contributed by atoms with Gasteiger partial charge in [0.15, 0.2) is 0 Å². The van der Waals surface area contributed by atoms with Crippen LogP contribution in [-0.2, 0) is 0 Å². The predicted octanol–water partition coefficient (Wildman–Crippen LogP) is 3.94. The van der Waals surface area contributed by atoms with E-state index in [-0.39, 0.29) is 5.91 Å². The van der Waals surface area contributed by atoms with Gasteiger partial charge in [0.2, 0.25) is 0 Å². The van der Waals surface area contributed by atoms with Crippen LogP contribution >= 0.6 is 27.5 Å². The van der Waals surface area contributed by atoms with Gasteiger partial charge in [-0.25, -0.2) is 9.67 Å². The van der Waals surface area contributed by atoms with Gasteiger partial charge in [-0.2, -0.15) is 5.10 Å². The standard InChI is InChI=1S/C15H10BrClN4O/c16-11-3-1-2-10(6-11)15(22)20-13-7-12(17)4-5-14(13)21-9-18-8-19-21/h1-9H,(H,20,22). The number of nitrogens with zero attached hydrogens (tertiary/aromatic N) is 3. The average Bonchev–Trinajstić information content (AvgIpc) is 3.01. The van der Waals surface area contributed by atoms with Gasteiger partial charge in [-0.3, -0.25) is 4.79 Å². The van der Waals surface area contributed by atoms with Crippen LogP contribution in [0.3, 0.4) is 0 Å². The molecule has 0 saturated carbocycles. The molecule has 1 aromatic heterocycles. The van der Waals surface area contributed by atoms with E-state index in [1.165, 1.54) is 6.33 Å². The fourth-order valence-corrected chi connectivity index (χ4v) is 2.54. The summed E-state index contributed by atoms with van der Waals surface area (Å²) in [6, 6.07) is 12.3. The molecule has 3 rings (SSSR count). The lowest BCUT2D eigenvalue weighted by atomic mass is 10.2. The predicted molar refractivity (Wildman–Crippen MR) is 88.5 cm³/mol. The molecule has 0 unspecified atom stereocenters. The minimum Gasteiger partial charge on any atom is -0.320 e. The van der Waals surface area contributed by atoms with E-state index in [2.05, 4.69) is 31.3 Å². The summed E-state index contributed by atoms with van der Waals surface area (Å²) in [5, 5.41) is 7.45. The van der Waals surface area contributed by atoms with Gasteiger partial charge < -0.3 is 5.32 Å². The van der Waals surface area contributed by atoms with Gasteiger partial charge in [-0.15, -0.1) is 0 Å². The second-order valence-corrected chi connectivity index (χ2v) is 5.82. The van der Waals surface area contributed by atoms with Crippen LogP contribution in [0.5, 0.6) is 0 Å². The maximum absolute atomic E-state index is 12.4. The van der Waals surface area contributed by atoms with E-state index in [0.29, 0.717) is 22.0 Å². The van der Waals surface area contributed by atoms with Crippen molar-refractivity contribution in [3.8, 4) is 5.69 Å². The molecule has 0 fully saturated rings. The fourth-order valence-electron chi connectivity index (χ4n) is 1.96. The van der Waals surface area contributed by atoms with E-state index >= 15 is 0 Å². The molecule has 0 atom stereocenters. The van der Waals surface area contributed by atoms with Crippen LogP contribution in [0.15, 0.2) is 59.6 Å². The number of rotatable bonds is 3. The number of aromatic nitrogens is 3. The van der Waals surface area contributed by atoms with E-state index in [1.807, 2.05) is 6.07 Å². The summed E-state index contributed by atoms with van der Waals surface area (Å²) in [6.07, 6.45) is 2.98. The number of carbonyl (C=O) groups is 1. The largest absolute Gasteiger partial charge is 0.320 e. The molecule has 0 bridgehead atoms. The van der Waals surface area contributed by atoms with Crippen LogP contribution in [0.2, 0.25) is 5.02 Å². The fraction of sp³-hybridized carbons (Fsp3) is 0. The van der Waals surface area contributed by atoms with Crippen molar-refractivity contribution in [2.75, 3.05) is 5.32 Å². The summed E-state index contributed by atoms with van der Waals surface area (Å²) in [4.78, 5) is 16.3. The third-order valence-electron chi connectivity index (χ3n) is 2.96. The molecule has 7 heteroatoms. The Bertz CT molecular complexity index is 820. The molecule has 3 aromatic rings. The number of carbonyl (C=O) groups excluding carboxylic acids is 1. The minimum absolute atomic E-state index is 0.232. The van der Waals surface area contributed by atoms with Crippen molar-refractivity contribution in [3.05, 3.63) is 70.2 Å². The molecule has 2 aromatic carbocycles. The number of amides is 1. The number of nitrogens with one attached hydrogen (secondary N) is 1. The lowest BCUT2D eigenvalue weighted by Crippen LogP contribution is -2.14. The van der Waals surface area contributed by atoms with Crippen LogP contribution in [0.4, 0.5) is 5.69 Å². The molecule has 22 heavy (non-hydrogen) atoms. The topological polar surface area (TPSA) is 59.8 Å². The third-order valence-corrected chi connectivity index (χ3v) is 3.69. The zero-order chi connectivity index (χ0) is 15.5. The Morgan fingerprint density at radius 2 is 2.09 bits per heavy atom. The smallest absolute Gasteiger partial charge is 0.255 e. The van der Waals surface area contributed by atoms with E-state index in [0.717, 1.165) is 4.47 Å². The van der Waals surface area contributed by atoms with Gasteiger partial charge >= 0.3 is 0 Å². The van der Waals surface area contributed by atoms with Crippen molar-refractivity contribution in [1.29, 1.82) is 0 Å². The van der Waals surface area contributed by atoms with Gasteiger partial charge in [0.1, 0.15) is 12.7 Å². The van der Waals surface area contributed by atoms with E-state index < -0.39 is 0 Å². The maximum atomic E-state index is 12.4. The highest BCUT2D eigenvalue weighted by atomic mass is 79.9. The highest BCUT2D eigenvalue weighted by molar-refractivity contribution is 9.10. The molecule has 0 saturated heterocycles. The van der Waals surface area contributed by atoms with E-state index in [9.17, 15) is 4.79 Å². The lowest BCUT2D eigenvalue weighted by molar-refractivity contribution is 0.102. The molecule has 0 radical (unpaired) electrons. The first-order valence-electron chi connectivity index (χ1n) is 6.35. The number of hydrogen-bond acceptors (Lipinski definition) is 3. The maximum Gasteiger partial charge on any atom is 0.255 e. The van der Waals surface area contributed by atoms with Crippen LogP contribution in [-0.4, -0.2) is 20.7 Å². The van der Waals surface area contributed by atoms with Crippen LogP contribution in [0.25, 0.3) is 5.69 Å². The van der Waals surface area contributed by atoms with Crippen LogP contribution in [0, 0.1) is 0 Å². The van der Waals surface area contributed by atoms with E-state index in [1.54, 1.807) is 47.4 Å². The molecule has 1 N–H and O–H groups in total. The highest BCUT2D eigenvalue weighted by Gasteiger charge is 2.12. The van der Waals surface area contributed by atoms with Crippen LogP contribution < -0.4 is 5.32 Å². The molecular formula is C15H10BrClN4O. The first kappa shape index (κ1) is 14.7. The normalized spacial score (nSPS) is 10.5. The van der Waals surface area contributed by atoms with Gasteiger partial charge in [-0.1, -0.05) is 33.6 Å². The summed E-state index contributed by atoms with van der Waals surface area (Å²) in [7, 11) is 0. The first-order valence-corrected chi connectivity index (χ1v) is 7.52. The quantitative estimate of drug-likeness (QED) is 0.752. The number of hydrogen-bond donors (Lipinski definition) is 1. The van der Waals surface area contributed by atoms with Crippen molar-refractivity contribution < 1.29 is 4.79 Å². The molecular weight excluding hydrogens is 368 g/mol. The molecule has 0 spiro atoms. The summed E-state index contributed by atoms with van der Waals surface area (Å²) in [5.74, 6) is -0.232. The summed E-state index contributed by atoms with van der Waals surface area (Å²) in [5.41, 5.74) is 1.78. The summed E-state index contributed by atoms with van der Waals surface area (Å²) in [6.45, 7) is 0. The Hall–Kier alpha value is -2.18. The molecule has 0 aliphatic rings. The number of benzene rings is 2.